The maximum absolute atomic E-state index is 12.4. The summed E-state index contributed by atoms with van der Waals surface area (Å²) in [4.78, 5) is 25.5. The zero-order valence-corrected chi connectivity index (χ0v) is 13.3. The van der Waals surface area contributed by atoms with E-state index in [-0.39, 0.29) is 24.3 Å². The average Bonchev–Trinajstić information content (AvgIpc) is 2.50. The number of amides is 2. The predicted molar refractivity (Wildman–Crippen MR) is 83.8 cm³/mol. The Balaban J connectivity index is 1.91. The molecule has 7 heteroatoms. The SMILES string of the molecule is N#CCC(=O)NC1CCN(C(=O)c2ccc(Cl)c(Cl)c2)CC1. The van der Waals surface area contributed by atoms with Gasteiger partial charge in [0.2, 0.25) is 5.91 Å². The van der Waals surface area contributed by atoms with Crippen molar-refractivity contribution in [3.8, 4) is 6.07 Å². The number of piperidine rings is 1. The molecular weight excluding hydrogens is 325 g/mol. The number of likely N-dealkylation sites (tertiary alicyclic amines) is 1. The molecule has 0 saturated carbocycles. The summed E-state index contributed by atoms with van der Waals surface area (Å²) in [6.07, 6.45) is 1.21. The van der Waals surface area contributed by atoms with Gasteiger partial charge in [0.25, 0.3) is 5.91 Å². The van der Waals surface area contributed by atoms with Gasteiger partial charge in [-0.25, -0.2) is 0 Å². The third-order valence-electron chi connectivity index (χ3n) is 3.55. The number of benzene rings is 1. The molecule has 1 fully saturated rings. The molecular formula is C15H15Cl2N3O2. The van der Waals surface area contributed by atoms with Crippen LogP contribution in [0.4, 0.5) is 0 Å². The molecule has 116 valence electrons. The fourth-order valence-electron chi connectivity index (χ4n) is 2.39. The summed E-state index contributed by atoms with van der Waals surface area (Å²) in [5.41, 5.74) is 0.501. The number of halogens is 2. The lowest BCUT2D eigenvalue weighted by Crippen LogP contribution is -2.46. The van der Waals surface area contributed by atoms with Crippen molar-refractivity contribution in [3.05, 3.63) is 33.8 Å². The Morgan fingerprint density at radius 1 is 1.27 bits per heavy atom. The number of nitrogens with zero attached hydrogens (tertiary/aromatic N) is 2. The standard InChI is InChI=1S/C15H15Cl2N3O2/c16-12-2-1-10(9-13(12)17)15(22)20-7-4-11(5-8-20)19-14(21)3-6-18/h1-2,9,11H,3-5,7-8H2,(H,19,21). The van der Waals surface area contributed by atoms with Crippen LogP contribution in [0.1, 0.15) is 29.6 Å². The van der Waals surface area contributed by atoms with E-state index in [1.54, 1.807) is 23.1 Å². The van der Waals surface area contributed by atoms with Crippen LogP contribution in [0.2, 0.25) is 10.0 Å². The van der Waals surface area contributed by atoms with Gasteiger partial charge in [0, 0.05) is 24.7 Å². The van der Waals surface area contributed by atoms with E-state index < -0.39 is 0 Å². The molecule has 1 heterocycles. The molecule has 2 rings (SSSR count). The topological polar surface area (TPSA) is 73.2 Å². The van der Waals surface area contributed by atoms with Crippen molar-refractivity contribution in [2.45, 2.75) is 25.3 Å². The summed E-state index contributed by atoms with van der Waals surface area (Å²) in [6, 6.07) is 6.64. The van der Waals surface area contributed by atoms with Gasteiger partial charge in [-0.3, -0.25) is 9.59 Å². The fourth-order valence-corrected chi connectivity index (χ4v) is 2.69. The maximum atomic E-state index is 12.4. The maximum Gasteiger partial charge on any atom is 0.253 e. The lowest BCUT2D eigenvalue weighted by atomic mass is 10.0. The first-order valence-electron chi connectivity index (χ1n) is 6.92. The van der Waals surface area contributed by atoms with Crippen molar-refractivity contribution < 1.29 is 9.59 Å². The van der Waals surface area contributed by atoms with Crippen molar-refractivity contribution in [1.82, 2.24) is 10.2 Å². The molecule has 0 radical (unpaired) electrons. The minimum absolute atomic E-state index is 0.0127. The lowest BCUT2D eigenvalue weighted by Gasteiger charge is -2.32. The molecule has 22 heavy (non-hydrogen) atoms. The van der Waals surface area contributed by atoms with E-state index in [4.69, 9.17) is 28.5 Å². The van der Waals surface area contributed by atoms with Gasteiger partial charge in [0.1, 0.15) is 6.42 Å². The van der Waals surface area contributed by atoms with Gasteiger partial charge in [-0.2, -0.15) is 5.26 Å². The molecule has 1 aliphatic rings. The van der Waals surface area contributed by atoms with Crippen LogP contribution in [-0.4, -0.2) is 35.8 Å². The van der Waals surface area contributed by atoms with Crippen molar-refractivity contribution in [1.29, 1.82) is 5.26 Å². The van der Waals surface area contributed by atoms with E-state index in [2.05, 4.69) is 5.32 Å². The summed E-state index contributed by atoms with van der Waals surface area (Å²) in [5.74, 6) is -0.364. The van der Waals surface area contributed by atoms with Crippen LogP contribution in [0.25, 0.3) is 0 Å². The van der Waals surface area contributed by atoms with Crippen LogP contribution in [-0.2, 0) is 4.79 Å². The van der Waals surface area contributed by atoms with Crippen molar-refractivity contribution in [2.24, 2.45) is 0 Å². The molecule has 0 unspecified atom stereocenters. The summed E-state index contributed by atoms with van der Waals surface area (Å²) in [6.45, 7) is 1.10. The second kappa shape index (κ2) is 7.48. The zero-order chi connectivity index (χ0) is 16.1. The highest BCUT2D eigenvalue weighted by atomic mass is 35.5. The molecule has 1 N–H and O–H groups in total. The molecule has 0 bridgehead atoms. The molecule has 1 aromatic carbocycles. The number of hydrogen-bond acceptors (Lipinski definition) is 3. The average molecular weight is 340 g/mol. The van der Waals surface area contributed by atoms with Gasteiger partial charge in [-0.15, -0.1) is 0 Å². The molecule has 0 aliphatic carbocycles. The number of nitrogens with one attached hydrogen (secondary N) is 1. The Morgan fingerprint density at radius 2 is 1.95 bits per heavy atom. The minimum Gasteiger partial charge on any atom is -0.352 e. The van der Waals surface area contributed by atoms with E-state index in [1.807, 2.05) is 6.07 Å². The number of carbonyl (C=O) groups excluding carboxylic acids is 2. The Kier molecular flexibility index (Phi) is 5.64. The fraction of sp³-hybridized carbons (Fsp3) is 0.400. The zero-order valence-electron chi connectivity index (χ0n) is 11.8. The van der Waals surface area contributed by atoms with Crippen LogP contribution in [0, 0.1) is 11.3 Å². The van der Waals surface area contributed by atoms with Gasteiger partial charge < -0.3 is 10.2 Å². The molecule has 1 saturated heterocycles. The number of hydrogen-bond donors (Lipinski definition) is 1. The second-order valence-electron chi connectivity index (χ2n) is 5.10. The number of carbonyl (C=O) groups is 2. The van der Waals surface area contributed by atoms with Crippen LogP contribution in [0.3, 0.4) is 0 Å². The number of nitriles is 1. The van der Waals surface area contributed by atoms with Gasteiger partial charge in [-0.05, 0) is 31.0 Å². The van der Waals surface area contributed by atoms with Crippen LogP contribution in [0.5, 0.6) is 0 Å². The van der Waals surface area contributed by atoms with Crippen LogP contribution in [0.15, 0.2) is 18.2 Å². The van der Waals surface area contributed by atoms with Crippen LogP contribution >= 0.6 is 23.2 Å². The summed E-state index contributed by atoms with van der Waals surface area (Å²) >= 11 is 11.8. The molecule has 0 atom stereocenters. The second-order valence-corrected chi connectivity index (χ2v) is 5.91. The van der Waals surface area contributed by atoms with E-state index in [0.29, 0.717) is 41.5 Å². The van der Waals surface area contributed by atoms with Gasteiger partial charge in [-0.1, -0.05) is 23.2 Å². The van der Waals surface area contributed by atoms with E-state index in [9.17, 15) is 9.59 Å². The third-order valence-corrected chi connectivity index (χ3v) is 4.29. The first kappa shape index (κ1) is 16.6. The minimum atomic E-state index is -0.267. The molecule has 2 amide bonds. The van der Waals surface area contributed by atoms with E-state index in [0.717, 1.165) is 0 Å². The molecule has 0 aromatic heterocycles. The Bertz CT molecular complexity index is 620. The highest BCUT2D eigenvalue weighted by Crippen LogP contribution is 2.24. The highest BCUT2D eigenvalue weighted by molar-refractivity contribution is 6.42. The molecule has 0 spiro atoms. The first-order valence-corrected chi connectivity index (χ1v) is 7.67. The van der Waals surface area contributed by atoms with E-state index in [1.165, 1.54) is 0 Å². The molecule has 1 aromatic rings. The summed E-state index contributed by atoms with van der Waals surface area (Å²) in [5, 5.41) is 12.0. The Hall–Kier alpha value is -1.77. The lowest BCUT2D eigenvalue weighted by molar-refractivity contribution is -0.121. The Labute approximate surface area is 138 Å². The van der Waals surface area contributed by atoms with Gasteiger partial charge in [0.15, 0.2) is 0 Å². The quantitative estimate of drug-likeness (QED) is 0.919. The van der Waals surface area contributed by atoms with Gasteiger partial charge >= 0.3 is 0 Å². The summed E-state index contributed by atoms with van der Waals surface area (Å²) in [7, 11) is 0. The number of rotatable bonds is 3. The smallest absolute Gasteiger partial charge is 0.253 e. The van der Waals surface area contributed by atoms with E-state index >= 15 is 0 Å². The monoisotopic (exact) mass is 339 g/mol. The first-order chi connectivity index (χ1) is 10.5. The van der Waals surface area contributed by atoms with Crippen molar-refractivity contribution in [2.75, 3.05) is 13.1 Å². The predicted octanol–water partition coefficient (Wildman–Crippen LogP) is 2.63. The highest BCUT2D eigenvalue weighted by Gasteiger charge is 2.24. The Morgan fingerprint density at radius 3 is 2.55 bits per heavy atom. The largest absolute Gasteiger partial charge is 0.352 e. The van der Waals surface area contributed by atoms with Crippen molar-refractivity contribution >= 4 is 35.0 Å². The summed E-state index contributed by atoms with van der Waals surface area (Å²) < 4.78 is 0. The third kappa shape index (κ3) is 4.12. The van der Waals surface area contributed by atoms with Crippen LogP contribution < -0.4 is 5.32 Å². The molecule has 5 nitrogen and oxygen atoms in total. The molecule has 1 aliphatic heterocycles. The normalized spacial score (nSPS) is 15.2. The van der Waals surface area contributed by atoms with Crippen molar-refractivity contribution in [3.63, 3.8) is 0 Å². The van der Waals surface area contributed by atoms with Gasteiger partial charge in [0.05, 0.1) is 16.1 Å².